The lowest BCUT2D eigenvalue weighted by atomic mass is 10.3. The van der Waals surface area contributed by atoms with E-state index >= 15 is 0 Å². The van der Waals surface area contributed by atoms with E-state index in [2.05, 4.69) is 4.52 Å². The molecule has 6 heteroatoms. The van der Waals surface area contributed by atoms with E-state index in [1.54, 1.807) is 6.92 Å². The number of hydrogen-bond acceptors (Lipinski definition) is 4. The van der Waals surface area contributed by atoms with E-state index in [1.807, 2.05) is 0 Å². The molecule has 1 aliphatic carbocycles. The van der Waals surface area contributed by atoms with E-state index in [-0.39, 0.29) is 12.5 Å². The Morgan fingerprint density at radius 1 is 1.54 bits per heavy atom. The first-order valence-corrected chi connectivity index (χ1v) is 5.93. The van der Waals surface area contributed by atoms with Crippen molar-refractivity contribution in [2.75, 3.05) is 0 Å². The Labute approximate surface area is 76.9 Å². The van der Waals surface area contributed by atoms with Gasteiger partial charge in [0, 0.05) is 6.42 Å². The molecule has 0 amide bonds. The van der Waals surface area contributed by atoms with Gasteiger partial charge in [-0.05, 0) is 12.8 Å². The van der Waals surface area contributed by atoms with Crippen molar-refractivity contribution >= 4 is 7.60 Å². The fourth-order valence-electron chi connectivity index (χ4n) is 0.937. The van der Waals surface area contributed by atoms with E-state index in [4.69, 9.17) is 0 Å². The molecule has 0 aromatic rings. The zero-order valence-electron chi connectivity index (χ0n) is 7.51. The molecule has 78 valence electrons. The fraction of sp³-hybridized carbons (Fsp3) is 1.00. The summed E-state index contributed by atoms with van der Waals surface area (Å²) in [6, 6.07) is 0. The average molecular weight is 210 g/mol. The maximum absolute atomic E-state index is 11.3. The van der Waals surface area contributed by atoms with Crippen molar-refractivity contribution in [3.63, 3.8) is 0 Å². The van der Waals surface area contributed by atoms with Crippen LogP contribution in [0.3, 0.4) is 0 Å². The smallest absolute Gasteiger partial charge is 0.356 e. The molecule has 0 bridgehead atoms. The van der Waals surface area contributed by atoms with Crippen LogP contribution in [0.15, 0.2) is 0 Å². The van der Waals surface area contributed by atoms with E-state index < -0.39 is 13.1 Å². The van der Waals surface area contributed by atoms with Crippen LogP contribution in [0.2, 0.25) is 0 Å². The Hall–Kier alpha value is 0.0700. The Kier molecular flexibility index (Phi) is 3.15. The molecule has 1 rings (SSSR count). The van der Waals surface area contributed by atoms with Crippen LogP contribution in [0.25, 0.3) is 0 Å². The highest BCUT2D eigenvalue weighted by Gasteiger charge is 2.48. The number of rotatable bonds is 5. The summed E-state index contributed by atoms with van der Waals surface area (Å²) in [5.74, 6) is 0. The predicted molar refractivity (Wildman–Crippen MR) is 46.0 cm³/mol. The standard InChI is InChI=1S/C7H15O5P/c1-2-5-7(8,9)13(10,11)12-6-3-4-6/h6,8-9H,2-5H2,1H3,(H,10,11). The summed E-state index contributed by atoms with van der Waals surface area (Å²) in [6.07, 6.45) is 1.41. The molecule has 0 aromatic carbocycles. The van der Waals surface area contributed by atoms with Gasteiger partial charge in [0.2, 0.25) is 0 Å². The van der Waals surface area contributed by atoms with Gasteiger partial charge in [0.25, 0.3) is 5.53 Å². The highest BCUT2D eigenvalue weighted by molar-refractivity contribution is 7.54. The summed E-state index contributed by atoms with van der Waals surface area (Å²) < 4.78 is 16.0. The molecule has 1 saturated carbocycles. The molecule has 5 nitrogen and oxygen atoms in total. The summed E-state index contributed by atoms with van der Waals surface area (Å²) in [7, 11) is -4.29. The van der Waals surface area contributed by atoms with Crippen LogP contribution in [-0.4, -0.2) is 26.7 Å². The minimum atomic E-state index is -4.29. The second kappa shape index (κ2) is 3.67. The molecule has 0 heterocycles. The van der Waals surface area contributed by atoms with Crippen molar-refractivity contribution in [3.8, 4) is 0 Å². The van der Waals surface area contributed by atoms with Crippen LogP contribution in [0.5, 0.6) is 0 Å². The normalized spacial score (nSPS) is 22.8. The molecule has 1 fully saturated rings. The molecule has 0 spiro atoms. The molecule has 0 aromatic heterocycles. The molecule has 13 heavy (non-hydrogen) atoms. The van der Waals surface area contributed by atoms with Gasteiger partial charge in [0.15, 0.2) is 0 Å². The van der Waals surface area contributed by atoms with Crippen molar-refractivity contribution in [3.05, 3.63) is 0 Å². The maximum Gasteiger partial charge on any atom is 0.387 e. The van der Waals surface area contributed by atoms with Gasteiger partial charge in [-0.25, -0.2) is 0 Å². The number of hydrogen-bond donors (Lipinski definition) is 3. The zero-order valence-corrected chi connectivity index (χ0v) is 8.41. The summed E-state index contributed by atoms with van der Waals surface area (Å²) in [5, 5.41) is 18.5. The first kappa shape index (κ1) is 11.1. The Morgan fingerprint density at radius 2 is 2.08 bits per heavy atom. The van der Waals surface area contributed by atoms with Crippen LogP contribution in [0, 0.1) is 0 Å². The third-order valence-electron chi connectivity index (χ3n) is 1.85. The largest absolute Gasteiger partial charge is 0.387 e. The van der Waals surface area contributed by atoms with Gasteiger partial charge >= 0.3 is 7.60 Å². The second-order valence-electron chi connectivity index (χ2n) is 3.35. The lowest BCUT2D eigenvalue weighted by molar-refractivity contribution is -0.112. The Bertz CT molecular complexity index is 223. The van der Waals surface area contributed by atoms with E-state index in [0.29, 0.717) is 19.3 Å². The molecular formula is C7H15O5P. The quantitative estimate of drug-likeness (QED) is 0.461. The van der Waals surface area contributed by atoms with Gasteiger partial charge in [0.1, 0.15) is 0 Å². The van der Waals surface area contributed by atoms with E-state index in [0.717, 1.165) is 0 Å². The molecule has 0 aliphatic heterocycles. The molecule has 0 radical (unpaired) electrons. The molecule has 1 aliphatic rings. The van der Waals surface area contributed by atoms with Gasteiger partial charge in [0.05, 0.1) is 6.10 Å². The summed E-state index contributed by atoms with van der Waals surface area (Å²) >= 11 is 0. The van der Waals surface area contributed by atoms with E-state index in [1.165, 1.54) is 0 Å². The van der Waals surface area contributed by atoms with Crippen molar-refractivity contribution in [1.82, 2.24) is 0 Å². The van der Waals surface area contributed by atoms with Crippen molar-refractivity contribution in [2.24, 2.45) is 0 Å². The van der Waals surface area contributed by atoms with Crippen molar-refractivity contribution < 1.29 is 24.2 Å². The molecule has 1 atom stereocenters. The maximum atomic E-state index is 11.3. The highest BCUT2D eigenvalue weighted by atomic mass is 31.2. The minimum absolute atomic E-state index is 0.159. The van der Waals surface area contributed by atoms with Crippen LogP contribution in [-0.2, 0) is 9.09 Å². The first-order chi connectivity index (χ1) is 5.89. The monoisotopic (exact) mass is 210 g/mol. The average Bonchev–Trinajstić information content (AvgIpc) is 2.70. The van der Waals surface area contributed by atoms with Crippen LogP contribution in [0.1, 0.15) is 32.6 Å². The topological polar surface area (TPSA) is 87.0 Å². The van der Waals surface area contributed by atoms with Crippen LogP contribution < -0.4 is 0 Å². The highest BCUT2D eigenvalue weighted by Crippen LogP contribution is 2.57. The summed E-state index contributed by atoms with van der Waals surface area (Å²) in [5.41, 5.74) is -2.59. The van der Waals surface area contributed by atoms with Crippen molar-refractivity contribution in [1.29, 1.82) is 0 Å². The number of aliphatic hydroxyl groups is 2. The van der Waals surface area contributed by atoms with Crippen molar-refractivity contribution in [2.45, 2.75) is 44.2 Å². The fourth-order valence-corrected chi connectivity index (χ4v) is 2.23. The van der Waals surface area contributed by atoms with Crippen LogP contribution >= 0.6 is 7.60 Å². The van der Waals surface area contributed by atoms with Gasteiger partial charge in [-0.15, -0.1) is 0 Å². The van der Waals surface area contributed by atoms with Gasteiger partial charge in [-0.1, -0.05) is 13.3 Å². The minimum Gasteiger partial charge on any atom is -0.356 e. The SMILES string of the molecule is CCCC(O)(O)P(=O)(O)OC1CC1. The Balaban J connectivity index is 2.58. The third-order valence-corrected chi connectivity index (χ3v) is 3.57. The van der Waals surface area contributed by atoms with Crippen LogP contribution in [0.4, 0.5) is 0 Å². The summed E-state index contributed by atoms with van der Waals surface area (Å²) in [6.45, 7) is 1.69. The van der Waals surface area contributed by atoms with Gasteiger partial charge in [-0.3, -0.25) is 4.57 Å². The van der Waals surface area contributed by atoms with E-state index in [9.17, 15) is 19.7 Å². The molecule has 0 saturated heterocycles. The predicted octanol–water partition coefficient (Wildman–Crippen LogP) is 0.789. The third kappa shape index (κ3) is 2.76. The molecule has 1 unspecified atom stereocenters. The first-order valence-electron chi connectivity index (χ1n) is 4.35. The van der Waals surface area contributed by atoms with Gasteiger partial charge in [-0.2, -0.15) is 0 Å². The lowest BCUT2D eigenvalue weighted by Crippen LogP contribution is -2.29. The zero-order chi connectivity index (χ0) is 10.1. The summed E-state index contributed by atoms with van der Waals surface area (Å²) in [4.78, 5) is 9.22. The molecule has 3 N–H and O–H groups in total. The Morgan fingerprint density at radius 3 is 2.46 bits per heavy atom. The second-order valence-corrected chi connectivity index (χ2v) is 5.32. The van der Waals surface area contributed by atoms with Gasteiger partial charge < -0.3 is 19.6 Å². The molecular weight excluding hydrogens is 195 g/mol. The lowest BCUT2D eigenvalue weighted by Gasteiger charge is -2.25.